The summed E-state index contributed by atoms with van der Waals surface area (Å²) in [6.45, 7) is -0.884. The van der Waals surface area contributed by atoms with E-state index in [1.165, 1.54) is 12.1 Å². The summed E-state index contributed by atoms with van der Waals surface area (Å²) in [5, 5.41) is 3.29. The van der Waals surface area contributed by atoms with Gasteiger partial charge < -0.3 is 20.5 Å². The molecule has 0 saturated heterocycles. The minimum absolute atomic E-state index is 0.0274. The highest BCUT2D eigenvalue weighted by Gasteiger charge is 2.18. The molecule has 5 nitrogen and oxygen atoms in total. The predicted octanol–water partition coefficient (Wildman–Crippen LogP) is 5.99. The number of anilines is 2. The number of hydrogen-bond donors (Lipinski definition) is 2. The summed E-state index contributed by atoms with van der Waals surface area (Å²) in [7, 11) is 0. The highest BCUT2D eigenvalue weighted by molar-refractivity contribution is 7.98. The molecule has 0 aliphatic rings. The second kappa shape index (κ2) is 11.0. The first-order valence-electron chi connectivity index (χ1n) is 9.90. The van der Waals surface area contributed by atoms with Gasteiger partial charge in [-0.2, -0.15) is 20.5 Å². The molecule has 32 heavy (non-hydrogen) atoms. The molecule has 1 atom stereocenters. The lowest BCUT2D eigenvalue weighted by atomic mass is 10.1. The van der Waals surface area contributed by atoms with E-state index < -0.39 is 6.61 Å². The van der Waals surface area contributed by atoms with Crippen LogP contribution in [0.5, 0.6) is 11.5 Å². The van der Waals surface area contributed by atoms with E-state index in [1.807, 2.05) is 6.26 Å². The summed E-state index contributed by atoms with van der Waals surface area (Å²) in [6.07, 6.45) is 3.50. The third-order valence-corrected chi connectivity index (χ3v) is 5.30. The minimum Gasteiger partial charge on any atom is -0.490 e. The Morgan fingerprint density at radius 1 is 1.12 bits per heavy atom. The van der Waals surface area contributed by atoms with Crippen molar-refractivity contribution in [2.24, 2.45) is 0 Å². The van der Waals surface area contributed by atoms with E-state index in [0.717, 1.165) is 5.56 Å². The number of hydrogen-bond acceptors (Lipinski definition) is 6. The van der Waals surface area contributed by atoms with Gasteiger partial charge in [-0.1, -0.05) is 24.3 Å². The Labute approximate surface area is 189 Å². The maximum absolute atomic E-state index is 14.1. The number of aromatic nitrogens is 1. The van der Waals surface area contributed by atoms with Crippen molar-refractivity contribution in [3.63, 3.8) is 0 Å². The van der Waals surface area contributed by atoms with Crippen molar-refractivity contribution in [1.29, 1.82) is 0 Å². The van der Waals surface area contributed by atoms with Gasteiger partial charge in [0.05, 0.1) is 18.3 Å². The minimum atomic E-state index is -2.95. The fraction of sp³-hybridized carbons (Fsp3) is 0.261. The van der Waals surface area contributed by atoms with Gasteiger partial charge in [0.2, 0.25) is 0 Å². The zero-order valence-corrected chi connectivity index (χ0v) is 18.5. The first-order valence-corrected chi connectivity index (χ1v) is 11.3. The van der Waals surface area contributed by atoms with E-state index in [-0.39, 0.29) is 23.4 Å². The molecule has 3 rings (SSSR count). The van der Waals surface area contributed by atoms with Crippen LogP contribution in [0.4, 0.5) is 24.7 Å². The Balaban J connectivity index is 1.88. The van der Waals surface area contributed by atoms with Gasteiger partial charge in [-0.15, -0.1) is 0 Å². The molecule has 0 spiro atoms. The normalized spacial score (nSPS) is 11.9. The fourth-order valence-corrected chi connectivity index (χ4v) is 3.81. The third kappa shape index (κ3) is 5.79. The topological polar surface area (TPSA) is 69.4 Å². The number of thioether (sulfide) groups is 1. The van der Waals surface area contributed by atoms with Crippen molar-refractivity contribution in [2.75, 3.05) is 29.7 Å². The molecule has 1 heterocycles. The Hall–Kier alpha value is -3.07. The van der Waals surface area contributed by atoms with Gasteiger partial charge in [-0.3, -0.25) is 0 Å². The van der Waals surface area contributed by atoms with Crippen LogP contribution in [0.3, 0.4) is 0 Å². The number of nitrogens with zero attached hydrogens (tertiary/aromatic N) is 1. The Morgan fingerprint density at radius 2 is 1.91 bits per heavy atom. The summed E-state index contributed by atoms with van der Waals surface area (Å²) in [6, 6.07) is 12.6. The van der Waals surface area contributed by atoms with Gasteiger partial charge in [0.15, 0.2) is 11.5 Å². The van der Waals surface area contributed by atoms with Crippen LogP contribution < -0.4 is 20.5 Å². The van der Waals surface area contributed by atoms with E-state index in [2.05, 4.69) is 15.0 Å². The zero-order valence-electron chi connectivity index (χ0n) is 17.6. The Bertz CT molecular complexity index is 1050. The van der Waals surface area contributed by atoms with Crippen LogP contribution in [0.1, 0.15) is 18.5 Å². The predicted molar refractivity (Wildman–Crippen MR) is 123 cm³/mol. The van der Waals surface area contributed by atoms with Crippen molar-refractivity contribution in [3.05, 3.63) is 66.1 Å². The molecule has 170 valence electrons. The monoisotopic (exact) mass is 463 g/mol. The number of halogens is 3. The number of ether oxygens (including phenoxy) is 2. The molecule has 0 bridgehead atoms. The number of alkyl halides is 2. The molecular weight excluding hydrogens is 439 g/mol. The zero-order chi connectivity index (χ0) is 23.1. The Morgan fingerprint density at radius 3 is 2.56 bits per heavy atom. The van der Waals surface area contributed by atoms with Crippen LogP contribution in [0.25, 0.3) is 11.1 Å². The lowest BCUT2D eigenvalue weighted by Gasteiger charge is -2.22. The number of benzene rings is 2. The van der Waals surface area contributed by atoms with Gasteiger partial charge >= 0.3 is 6.61 Å². The van der Waals surface area contributed by atoms with Crippen LogP contribution in [0.2, 0.25) is 0 Å². The first kappa shape index (κ1) is 23.6. The summed E-state index contributed by atoms with van der Waals surface area (Å²) in [4.78, 5) is 4.39. The number of nitrogen functional groups attached to an aromatic ring is 1. The van der Waals surface area contributed by atoms with Gasteiger partial charge in [-0.05, 0) is 43.0 Å². The van der Waals surface area contributed by atoms with Crippen molar-refractivity contribution < 1.29 is 22.6 Å². The number of pyridine rings is 1. The molecule has 0 saturated carbocycles. The summed E-state index contributed by atoms with van der Waals surface area (Å²) in [5.74, 6) is 0.935. The molecule has 3 aromatic rings. The highest BCUT2D eigenvalue weighted by atomic mass is 32.2. The van der Waals surface area contributed by atoms with E-state index in [0.29, 0.717) is 35.0 Å². The van der Waals surface area contributed by atoms with E-state index in [9.17, 15) is 13.2 Å². The van der Waals surface area contributed by atoms with E-state index in [4.69, 9.17) is 10.5 Å². The SMILES string of the molecule is CCOc1cc(C(CSC)Nc2ncc(-c3ccccc3F)cc2N)ccc1OC(F)F. The largest absolute Gasteiger partial charge is 0.490 e. The number of nitrogens with one attached hydrogen (secondary N) is 1. The van der Waals surface area contributed by atoms with Crippen LogP contribution in [0, 0.1) is 5.82 Å². The first-order chi connectivity index (χ1) is 15.4. The number of rotatable bonds is 10. The van der Waals surface area contributed by atoms with Crippen LogP contribution >= 0.6 is 11.8 Å². The molecule has 0 aliphatic heterocycles. The average molecular weight is 464 g/mol. The van der Waals surface area contributed by atoms with Gasteiger partial charge in [0, 0.05) is 23.1 Å². The van der Waals surface area contributed by atoms with Crippen molar-refractivity contribution in [2.45, 2.75) is 19.6 Å². The maximum Gasteiger partial charge on any atom is 0.387 e. The van der Waals surface area contributed by atoms with Crippen LogP contribution in [-0.2, 0) is 0 Å². The van der Waals surface area contributed by atoms with Gasteiger partial charge in [-0.25, -0.2) is 9.37 Å². The highest BCUT2D eigenvalue weighted by Crippen LogP contribution is 2.35. The van der Waals surface area contributed by atoms with Crippen molar-refractivity contribution in [3.8, 4) is 22.6 Å². The second-order valence-corrected chi connectivity index (χ2v) is 7.72. The maximum atomic E-state index is 14.1. The number of nitrogens with two attached hydrogens (primary N) is 1. The summed E-state index contributed by atoms with van der Waals surface area (Å²) in [5.41, 5.74) is 8.34. The molecule has 9 heteroatoms. The molecule has 2 aromatic carbocycles. The quantitative estimate of drug-likeness (QED) is 0.385. The summed E-state index contributed by atoms with van der Waals surface area (Å²) >= 11 is 1.59. The smallest absolute Gasteiger partial charge is 0.387 e. The van der Waals surface area contributed by atoms with Gasteiger partial charge in [0.25, 0.3) is 0 Å². The summed E-state index contributed by atoms with van der Waals surface area (Å²) < 4.78 is 49.5. The van der Waals surface area contributed by atoms with Crippen molar-refractivity contribution in [1.82, 2.24) is 4.98 Å². The lowest BCUT2D eigenvalue weighted by molar-refractivity contribution is -0.0514. The van der Waals surface area contributed by atoms with E-state index in [1.54, 1.807) is 61.3 Å². The molecule has 3 N–H and O–H groups in total. The second-order valence-electron chi connectivity index (χ2n) is 6.81. The van der Waals surface area contributed by atoms with Crippen LogP contribution in [-0.4, -0.2) is 30.2 Å². The van der Waals surface area contributed by atoms with Crippen LogP contribution in [0.15, 0.2) is 54.7 Å². The molecule has 1 unspecified atom stereocenters. The molecule has 0 amide bonds. The molecular formula is C23H24F3N3O2S. The molecule has 0 fully saturated rings. The average Bonchev–Trinajstić information content (AvgIpc) is 2.76. The molecule has 0 aliphatic carbocycles. The standard InChI is InChI=1S/C23H24F3N3O2S/c1-3-30-21-11-14(8-9-20(21)31-23(25)26)19(13-32-2)29-22-18(27)10-15(12-28-22)16-6-4-5-7-17(16)24/h4-12,19,23H,3,13,27H2,1-2H3,(H,28,29). The fourth-order valence-electron chi connectivity index (χ4n) is 3.20. The molecule has 0 radical (unpaired) electrons. The molecule has 1 aromatic heterocycles. The van der Waals surface area contributed by atoms with Gasteiger partial charge in [0.1, 0.15) is 11.6 Å². The van der Waals surface area contributed by atoms with Crippen molar-refractivity contribution >= 4 is 23.3 Å². The lowest BCUT2D eigenvalue weighted by Crippen LogP contribution is -2.16. The third-order valence-electron chi connectivity index (χ3n) is 4.63. The van der Waals surface area contributed by atoms with E-state index >= 15 is 0 Å². The Kier molecular flexibility index (Phi) is 8.10.